The molecule has 19 heavy (non-hydrogen) atoms. The van der Waals surface area contributed by atoms with Crippen LogP contribution in [-0.4, -0.2) is 36.3 Å². The number of hydrogen-bond donors (Lipinski definition) is 3. The summed E-state index contributed by atoms with van der Waals surface area (Å²) in [6.07, 6.45) is 3.84. The molecule has 0 fully saturated rings. The maximum Gasteiger partial charge on any atom is 0.191 e. The van der Waals surface area contributed by atoms with Crippen LogP contribution in [0.1, 0.15) is 60.3 Å². The Balaban J connectivity index is 4.22. The number of aliphatic imine (C=N–C) groups is 1. The van der Waals surface area contributed by atoms with Crippen molar-refractivity contribution in [3.05, 3.63) is 0 Å². The molecule has 0 spiro atoms. The molecule has 4 heteroatoms. The van der Waals surface area contributed by atoms with E-state index >= 15 is 0 Å². The van der Waals surface area contributed by atoms with E-state index in [1.807, 2.05) is 13.8 Å². The molecule has 0 aliphatic carbocycles. The number of nitrogens with zero attached hydrogens (tertiary/aromatic N) is 1. The first-order chi connectivity index (χ1) is 8.97. The van der Waals surface area contributed by atoms with Gasteiger partial charge in [0.05, 0.1) is 12.1 Å². The fraction of sp³-hybridized carbons (Fsp3) is 0.933. The average molecular weight is 271 g/mol. The molecule has 4 nitrogen and oxygen atoms in total. The van der Waals surface area contributed by atoms with E-state index in [9.17, 15) is 5.11 Å². The summed E-state index contributed by atoms with van der Waals surface area (Å²) in [5, 5.41) is 16.8. The highest BCUT2D eigenvalue weighted by molar-refractivity contribution is 5.79. The maximum absolute atomic E-state index is 10.2. The van der Waals surface area contributed by atoms with E-state index in [2.05, 4.69) is 36.4 Å². The van der Waals surface area contributed by atoms with Crippen LogP contribution in [0.4, 0.5) is 0 Å². The normalized spacial score (nSPS) is 12.9. The quantitative estimate of drug-likeness (QED) is 0.343. The first-order valence-corrected chi connectivity index (χ1v) is 7.72. The molecule has 0 aromatic rings. The van der Waals surface area contributed by atoms with Gasteiger partial charge in [-0.1, -0.05) is 27.7 Å². The minimum Gasteiger partial charge on any atom is -0.388 e. The van der Waals surface area contributed by atoms with Crippen LogP contribution in [0.3, 0.4) is 0 Å². The van der Waals surface area contributed by atoms with E-state index in [1.54, 1.807) is 0 Å². The third-order valence-electron chi connectivity index (χ3n) is 3.44. The number of hydrogen-bond acceptors (Lipinski definition) is 2. The van der Waals surface area contributed by atoms with Gasteiger partial charge in [0.1, 0.15) is 0 Å². The van der Waals surface area contributed by atoms with Gasteiger partial charge in [-0.05, 0) is 38.5 Å². The third kappa shape index (κ3) is 8.87. The molecule has 0 saturated carbocycles. The molecule has 0 rings (SSSR count). The molecule has 0 saturated heterocycles. The molecule has 0 aliphatic rings. The molecule has 0 amide bonds. The molecule has 0 aromatic carbocycles. The van der Waals surface area contributed by atoms with E-state index in [0.717, 1.165) is 44.2 Å². The summed E-state index contributed by atoms with van der Waals surface area (Å²) in [5.74, 6) is 1.55. The fourth-order valence-electron chi connectivity index (χ4n) is 1.76. The number of nitrogens with one attached hydrogen (secondary N) is 2. The van der Waals surface area contributed by atoms with Crippen LogP contribution < -0.4 is 10.6 Å². The minimum absolute atomic E-state index is 0.458. The van der Waals surface area contributed by atoms with E-state index in [0.29, 0.717) is 6.54 Å². The summed E-state index contributed by atoms with van der Waals surface area (Å²) in [5.41, 5.74) is -0.666. The molecule has 0 unspecified atom stereocenters. The van der Waals surface area contributed by atoms with Crippen molar-refractivity contribution < 1.29 is 5.11 Å². The van der Waals surface area contributed by atoms with Gasteiger partial charge in [-0.3, -0.25) is 4.99 Å². The monoisotopic (exact) mass is 271 g/mol. The summed E-state index contributed by atoms with van der Waals surface area (Å²) >= 11 is 0. The first kappa shape index (κ1) is 18.2. The molecule has 0 heterocycles. The molecule has 114 valence electrons. The van der Waals surface area contributed by atoms with Crippen molar-refractivity contribution >= 4 is 5.96 Å². The Hall–Kier alpha value is -0.770. The van der Waals surface area contributed by atoms with E-state index < -0.39 is 5.60 Å². The Morgan fingerprint density at radius 3 is 2.26 bits per heavy atom. The second kappa shape index (κ2) is 10.1. The highest BCUT2D eigenvalue weighted by Gasteiger charge is 2.21. The smallest absolute Gasteiger partial charge is 0.191 e. The van der Waals surface area contributed by atoms with Crippen LogP contribution in [0.15, 0.2) is 4.99 Å². The predicted octanol–water partition coefficient (Wildman–Crippen LogP) is 2.53. The maximum atomic E-state index is 10.2. The number of aliphatic hydroxyl groups is 1. The fourth-order valence-corrected chi connectivity index (χ4v) is 1.76. The second-order valence-corrected chi connectivity index (χ2v) is 5.59. The minimum atomic E-state index is -0.666. The molecule has 0 bridgehead atoms. The van der Waals surface area contributed by atoms with Gasteiger partial charge >= 0.3 is 0 Å². The summed E-state index contributed by atoms with van der Waals surface area (Å²) < 4.78 is 0. The number of guanidine groups is 1. The highest BCUT2D eigenvalue weighted by Crippen LogP contribution is 2.14. The first-order valence-electron chi connectivity index (χ1n) is 7.72. The van der Waals surface area contributed by atoms with Crippen molar-refractivity contribution in [1.29, 1.82) is 0 Å². The van der Waals surface area contributed by atoms with Gasteiger partial charge in [-0.2, -0.15) is 0 Å². The van der Waals surface area contributed by atoms with Crippen molar-refractivity contribution in [3.8, 4) is 0 Å². The van der Waals surface area contributed by atoms with Gasteiger partial charge in [0.15, 0.2) is 5.96 Å². The van der Waals surface area contributed by atoms with Crippen LogP contribution in [-0.2, 0) is 0 Å². The van der Waals surface area contributed by atoms with Crippen molar-refractivity contribution in [1.82, 2.24) is 10.6 Å². The lowest BCUT2D eigenvalue weighted by molar-refractivity contribution is 0.0418. The Bertz CT molecular complexity index is 248. The Morgan fingerprint density at radius 1 is 1.16 bits per heavy atom. The van der Waals surface area contributed by atoms with Gasteiger partial charge < -0.3 is 15.7 Å². The summed E-state index contributed by atoms with van der Waals surface area (Å²) in [4.78, 5) is 4.49. The molecule has 0 aliphatic heterocycles. The lowest BCUT2D eigenvalue weighted by atomic mass is 9.98. The molecule has 0 aromatic heterocycles. The van der Waals surface area contributed by atoms with Crippen LogP contribution in [0.5, 0.6) is 0 Å². The van der Waals surface area contributed by atoms with Gasteiger partial charge in [0.25, 0.3) is 0 Å². The van der Waals surface area contributed by atoms with Crippen molar-refractivity contribution in [3.63, 3.8) is 0 Å². The van der Waals surface area contributed by atoms with Gasteiger partial charge in [0.2, 0.25) is 0 Å². The van der Waals surface area contributed by atoms with Crippen molar-refractivity contribution in [2.24, 2.45) is 10.9 Å². The topological polar surface area (TPSA) is 56.7 Å². The second-order valence-electron chi connectivity index (χ2n) is 5.59. The predicted molar refractivity (Wildman–Crippen MR) is 83.6 cm³/mol. The van der Waals surface area contributed by atoms with E-state index in [1.165, 1.54) is 6.42 Å². The summed E-state index contributed by atoms with van der Waals surface area (Å²) in [6.45, 7) is 12.8. The standard InChI is InChI=1S/C15H33N3O/c1-6-15(19,7-2)12-18-14(16-8-3)17-11-9-10-13(4)5/h13,19H,6-12H2,1-5H3,(H2,16,17,18). The van der Waals surface area contributed by atoms with Crippen molar-refractivity contribution in [2.75, 3.05) is 19.6 Å². The highest BCUT2D eigenvalue weighted by atomic mass is 16.3. The number of rotatable bonds is 9. The van der Waals surface area contributed by atoms with Gasteiger partial charge in [-0.25, -0.2) is 0 Å². The molecule has 0 atom stereocenters. The molecular formula is C15H33N3O. The SMILES string of the molecule is CCNC(=NCC(O)(CC)CC)NCCCC(C)C. The zero-order valence-electron chi connectivity index (χ0n) is 13.4. The Labute approximate surface area is 119 Å². The molecular weight excluding hydrogens is 238 g/mol. The van der Waals surface area contributed by atoms with Crippen LogP contribution in [0, 0.1) is 5.92 Å². The zero-order chi connectivity index (χ0) is 14.7. The van der Waals surface area contributed by atoms with E-state index in [-0.39, 0.29) is 0 Å². The average Bonchev–Trinajstić information content (AvgIpc) is 2.40. The Morgan fingerprint density at radius 2 is 1.79 bits per heavy atom. The largest absolute Gasteiger partial charge is 0.388 e. The van der Waals surface area contributed by atoms with E-state index in [4.69, 9.17) is 0 Å². The van der Waals surface area contributed by atoms with Crippen LogP contribution >= 0.6 is 0 Å². The van der Waals surface area contributed by atoms with Crippen LogP contribution in [0.2, 0.25) is 0 Å². The molecule has 0 radical (unpaired) electrons. The lowest BCUT2D eigenvalue weighted by Gasteiger charge is -2.23. The summed E-state index contributed by atoms with van der Waals surface area (Å²) in [7, 11) is 0. The molecule has 3 N–H and O–H groups in total. The zero-order valence-corrected chi connectivity index (χ0v) is 13.4. The van der Waals surface area contributed by atoms with Crippen molar-refractivity contribution in [2.45, 2.75) is 65.9 Å². The third-order valence-corrected chi connectivity index (χ3v) is 3.44. The van der Waals surface area contributed by atoms with Gasteiger partial charge in [0, 0.05) is 13.1 Å². The lowest BCUT2D eigenvalue weighted by Crippen LogP contribution is -2.40. The summed E-state index contributed by atoms with van der Waals surface area (Å²) in [6, 6.07) is 0. The Kier molecular flexibility index (Phi) is 9.66. The van der Waals surface area contributed by atoms with Gasteiger partial charge in [-0.15, -0.1) is 0 Å². The van der Waals surface area contributed by atoms with Crippen LogP contribution in [0.25, 0.3) is 0 Å².